The van der Waals surface area contributed by atoms with Crippen LogP contribution in [0.4, 0.5) is 0 Å². The van der Waals surface area contributed by atoms with Gasteiger partial charge in [0.1, 0.15) is 16.6 Å². The summed E-state index contributed by atoms with van der Waals surface area (Å²) in [6.07, 6.45) is 4.71. The van der Waals surface area contributed by atoms with Crippen LogP contribution in [0, 0.1) is 5.92 Å². The number of nitrogens with one attached hydrogen (secondary N) is 1. The van der Waals surface area contributed by atoms with Crippen molar-refractivity contribution >= 4 is 28.6 Å². The summed E-state index contributed by atoms with van der Waals surface area (Å²) in [5.74, 6) is 0.365. The average molecular weight is 471 g/mol. The van der Waals surface area contributed by atoms with Crippen molar-refractivity contribution in [3.8, 4) is 0 Å². The molecule has 2 aliphatic heterocycles. The first-order chi connectivity index (χ1) is 12.6. The zero-order valence-corrected chi connectivity index (χ0v) is 18.2. The highest BCUT2D eigenvalue weighted by Gasteiger charge is 2.45. The fourth-order valence-corrected chi connectivity index (χ4v) is 4.96. The molecule has 4 nitrogen and oxygen atoms in total. The van der Waals surface area contributed by atoms with E-state index < -0.39 is 5.54 Å². The smallest absolute Gasteiger partial charge is 0.331 e. The van der Waals surface area contributed by atoms with Crippen molar-refractivity contribution < 1.29 is 14.4 Å². The van der Waals surface area contributed by atoms with E-state index in [4.69, 9.17) is 4.74 Å². The highest BCUT2D eigenvalue weighted by atomic mass is 127. The summed E-state index contributed by atoms with van der Waals surface area (Å²) in [6.45, 7) is 8.33. The first-order valence-corrected chi connectivity index (χ1v) is 11.5. The Morgan fingerprint density at radius 2 is 1.96 bits per heavy atom. The van der Waals surface area contributed by atoms with Crippen LogP contribution in [0.15, 0.2) is 30.3 Å². The molecule has 0 spiro atoms. The van der Waals surface area contributed by atoms with Gasteiger partial charge in [0.25, 0.3) is 0 Å². The number of likely N-dealkylation sites (tertiary alicyclic amines) is 2. The molecular weight excluding hydrogens is 439 g/mol. The van der Waals surface area contributed by atoms with Crippen LogP contribution in [0.25, 0.3) is 0 Å². The summed E-state index contributed by atoms with van der Waals surface area (Å²) in [6, 6.07) is 10.2. The fraction of sp³-hybridized carbons (Fsp3) is 0.667. The zero-order chi connectivity index (χ0) is 18.6. The maximum atomic E-state index is 13.5. The van der Waals surface area contributed by atoms with Crippen molar-refractivity contribution in [3.05, 3.63) is 35.9 Å². The van der Waals surface area contributed by atoms with Crippen LogP contribution in [0.2, 0.25) is 0 Å². The predicted octanol–water partition coefficient (Wildman–Crippen LogP) is 2.62. The highest BCUT2D eigenvalue weighted by molar-refractivity contribution is 14.1. The molecule has 3 rings (SSSR count). The lowest BCUT2D eigenvalue weighted by molar-refractivity contribution is -0.893. The third-order valence-corrected chi connectivity index (χ3v) is 7.33. The van der Waals surface area contributed by atoms with E-state index >= 15 is 0 Å². The Morgan fingerprint density at radius 1 is 1.27 bits per heavy atom. The monoisotopic (exact) mass is 471 g/mol. The first-order valence-electron chi connectivity index (χ1n) is 9.97. The molecule has 0 amide bonds. The molecule has 1 aromatic carbocycles. The summed E-state index contributed by atoms with van der Waals surface area (Å²) >= 11 is 2.43. The first kappa shape index (κ1) is 20.1. The van der Waals surface area contributed by atoms with Crippen LogP contribution in [0.3, 0.4) is 0 Å². The molecule has 2 heterocycles. The van der Waals surface area contributed by atoms with Gasteiger partial charge in [-0.1, -0.05) is 43.7 Å². The van der Waals surface area contributed by atoms with Gasteiger partial charge in [-0.15, -0.1) is 0 Å². The van der Waals surface area contributed by atoms with E-state index in [0.29, 0.717) is 5.92 Å². The lowest BCUT2D eigenvalue weighted by Gasteiger charge is -2.43. The van der Waals surface area contributed by atoms with Crippen molar-refractivity contribution in [2.75, 3.05) is 30.7 Å². The molecule has 4 atom stereocenters. The van der Waals surface area contributed by atoms with Crippen molar-refractivity contribution in [2.24, 2.45) is 5.92 Å². The van der Waals surface area contributed by atoms with E-state index in [9.17, 15) is 4.79 Å². The molecule has 0 aromatic heterocycles. The summed E-state index contributed by atoms with van der Waals surface area (Å²) in [4.78, 5) is 17.4. The second-order valence-electron chi connectivity index (χ2n) is 8.03. The Bertz CT molecular complexity index is 591. The molecule has 2 unspecified atom stereocenters. The SMILES string of the molecule is CC1CC[NH+](CI)C[C@@H]1OC(=O)[C@](C)(c1ccccc1)N1CCCCC1. The molecule has 1 aromatic rings. The third-order valence-electron chi connectivity index (χ3n) is 6.25. The minimum absolute atomic E-state index is 0.0221. The molecule has 0 radical (unpaired) electrons. The molecule has 26 heavy (non-hydrogen) atoms. The minimum Gasteiger partial charge on any atom is -0.454 e. The van der Waals surface area contributed by atoms with Crippen LogP contribution < -0.4 is 4.90 Å². The van der Waals surface area contributed by atoms with E-state index in [0.717, 1.165) is 49.0 Å². The zero-order valence-electron chi connectivity index (χ0n) is 16.0. The van der Waals surface area contributed by atoms with E-state index in [2.05, 4.69) is 53.5 Å². The lowest BCUT2D eigenvalue weighted by Crippen LogP contribution is -3.13. The number of benzene rings is 1. The lowest BCUT2D eigenvalue weighted by atomic mass is 9.87. The second-order valence-corrected chi connectivity index (χ2v) is 8.80. The number of esters is 1. The van der Waals surface area contributed by atoms with Gasteiger partial charge in [0.15, 0.2) is 6.10 Å². The number of rotatable bonds is 5. The quantitative estimate of drug-likeness (QED) is 0.310. The number of nitrogens with zero attached hydrogens (tertiary/aromatic N) is 1. The Labute approximate surface area is 171 Å². The number of quaternary nitrogens is 1. The molecule has 2 aliphatic rings. The van der Waals surface area contributed by atoms with Crippen molar-refractivity contribution in [1.29, 1.82) is 0 Å². The summed E-state index contributed by atoms with van der Waals surface area (Å²) < 4.78 is 7.27. The summed E-state index contributed by atoms with van der Waals surface area (Å²) in [5, 5.41) is 0. The Kier molecular flexibility index (Phi) is 6.97. The third kappa shape index (κ3) is 4.25. The van der Waals surface area contributed by atoms with Crippen LogP contribution in [0.5, 0.6) is 0 Å². The molecule has 5 heteroatoms. The van der Waals surface area contributed by atoms with Crippen LogP contribution in [-0.4, -0.2) is 47.7 Å². The number of carbonyl (C=O) groups is 1. The van der Waals surface area contributed by atoms with Crippen LogP contribution in [-0.2, 0) is 15.1 Å². The molecule has 2 saturated heterocycles. The Morgan fingerprint density at radius 3 is 2.62 bits per heavy atom. The van der Waals surface area contributed by atoms with Gasteiger partial charge in [0.2, 0.25) is 0 Å². The second kappa shape index (κ2) is 9.02. The largest absolute Gasteiger partial charge is 0.454 e. The number of carbonyl (C=O) groups excluding carboxylic acids is 1. The maximum absolute atomic E-state index is 13.5. The number of piperidine rings is 2. The number of hydrogen-bond acceptors (Lipinski definition) is 3. The summed E-state index contributed by atoms with van der Waals surface area (Å²) in [5.41, 5.74) is 0.358. The van der Waals surface area contributed by atoms with Gasteiger partial charge in [-0.25, -0.2) is 4.79 Å². The van der Waals surface area contributed by atoms with E-state index in [1.165, 1.54) is 17.9 Å². The molecule has 144 valence electrons. The molecule has 0 saturated carbocycles. The molecule has 0 bridgehead atoms. The van der Waals surface area contributed by atoms with Crippen LogP contribution >= 0.6 is 22.6 Å². The Balaban J connectivity index is 1.83. The van der Waals surface area contributed by atoms with E-state index in [-0.39, 0.29) is 12.1 Å². The number of halogens is 1. The summed E-state index contributed by atoms with van der Waals surface area (Å²) in [7, 11) is 0. The topological polar surface area (TPSA) is 34.0 Å². The van der Waals surface area contributed by atoms with Gasteiger partial charge in [0.05, 0.1) is 6.54 Å². The average Bonchev–Trinajstić information content (AvgIpc) is 2.70. The van der Waals surface area contributed by atoms with Crippen molar-refractivity contribution in [3.63, 3.8) is 0 Å². The van der Waals surface area contributed by atoms with E-state index in [1.807, 2.05) is 18.2 Å². The molecule has 1 N–H and O–H groups in total. The fourth-order valence-electron chi connectivity index (χ4n) is 4.27. The number of hydrogen-bond donors (Lipinski definition) is 1. The Hall–Kier alpha value is -0.660. The number of alkyl halides is 1. The molecule has 2 fully saturated rings. The standard InChI is InChI=1S/C21H31IN2O2/c1-17-11-14-23(16-22)15-19(17)26-20(25)21(2,18-9-5-3-6-10-18)24-12-7-4-8-13-24/h3,5-6,9-10,17,19H,4,7-8,11-16H2,1-2H3/p+1/t17?,19-,21-/m0/s1. The van der Waals surface area contributed by atoms with Crippen molar-refractivity contribution in [2.45, 2.75) is 51.2 Å². The van der Waals surface area contributed by atoms with Gasteiger partial charge in [-0.05, 0) is 61.0 Å². The molecular formula is C21H32IN2O2+. The van der Waals surface area contributed by atoms with Crippen LogP contribution in [0.1, 0.15) is 45.1 Å². The van der Waals surface area contributed by atoms with Crippen molar-refractivity contribution in [1.82, 2.24) is 4.90 Å². The van der Waals surface area contributed by atoms with Gasteiger partial charge in [0, 0.05) is 12.3 Å². The minimum atomic E-state index is -0.691. The van der Waals surface area contributed by atoms with Gasteiger partial charge in [-0.2, -0.15) is 0 Å². The normalized spacial score (nSPS) is 29.7. The molecule has 0 aliphatic carbocycles. The van der Waals surface area contributed by atoms with E-state index in [1.54, 1.807) is 0 Å². The predicted molar refractivity (Wildman–Crippen MR) is 112 cm³/mol. The van der Waals surface area contributed by atoms with Gasteiger partial charge >= 0.3 is 5.97 Å². The van der Waals surface area contributed by atoms with Gasteiger partial charge < -0.3 is 9.64 Å². The number of ether oxygens (including phenoxy) is 1. The maximum Gasteiger partial charge on any atom is 0.331 e. The van der Waals surface area contributed by atoms with Gasteiger partial charge in [-0.3, -0.25) is 4.90 Å². The highest BCUT2D eigenvalue weighted by Crippen LogP contribution is 2.33.